The second-order valence-corrected chi connectivity index (χ2v) is 7.31. The van der Waals surface area contributed by atoms with Crippen molar-refractivity contribution in [3.63, 3.8) is 0 Å². The van der Waals surface area contributed by atoms with Crippen molar-refractivity contribution < 1.29 is 4.79 Å². The van der Waals surface area contributed by atoms with Gasteiger partial charge in [-0.15, -0.1) is 15.3 Å². The molecule has 2 aliphatic rings. The largest absolute Gasteiger partial charge is 0.355 e. The minimum atomic E-state index is 0.138. The van der Waals surface area contributed by atoms with Gasteiger partial charge in [0.1, 0.15) is 5.82 Å². The Bertz CT molecular complexity index is 743. The molecule has 25 heavy (non-hydrogen) atoms. The summed E-state index contributed by atoms with van der Waals surface area (Å²) in [5.74, 6) is 2.11. The van der Waals surface area contributed by atoms with Crippen molar-refractivity contribution in [3.8, 4) is 0 Å². The van der Waals surface area contributed by atoms with Gasteiger partial charge in [-0.2, -0.15) is 4.52 Å². The van der Waals surface area contributed by atoms with E-state index in [2.05, 4.69) is 25.5 Å². The van der Waals surface area contributed by atoms with E-state index in [4.69, 9.17) is 0 Å². The molecule has 1 N–H and O–H groups in total. The van der Waals surface area contributed by atoms with Crippen molar-refractivity contribution in [2.24, 2.45) is 5.92 Å². The molecule has 1 amide bonds. The van der Waals surface area contributed by atoms with Gasteiger partial charge in [0.2, 0.25) is 5.91 Å². The zero-order chi connectivity index (χ0) is 17.2. The fraction of sp³-hybridized carbons (Fsp3) is 0.667. The predicted octanol–water partition coefficient (Wildman–Crippen LogP) is 2.10. The van der Waals surface area contributed by atoms with Crippen LogP contribution >= 0.6 is 0 Å². The Morgan fingerprint density at radius 3 is 2.60 bits per heavy atom. The Hall–Kier alpha value is -2.18. The lowest BCUT2D eigenvalue weighted by Gasteiger charge is -2.33. The van der Waals surface area contributed by atoms with Crippen molar-refractivity contribution in [2.45, 2.75) is 57.9 Å². The maximum atomic E-state index is 12.5. The summed E-state index contributed by atoms with van der Waals surface area (Å²) in [6.45, 7) is 3.63. The summed E-state index contributed by atoms with van der Waals surface area (Å²) in [5, 5.41) is 16.0. The van der Waals surface area contributed by atoms with E-state index in [-0.39, 0.29) is 11.8 Å². The Morgan fingerprint density at radius 1 is 1.08 bits per heavy atom. The number of nitrogens with one attached hydrogen (secondary N) is 1. The minimum Gasteiger partial charge on any atom is -0.355 e. The van der Waals surface area contributed by atoms with Crippen LogP contribution in [0, 0.1) is 12.8 Å². The molecule has 0 unspecified atom stereocenters. The van der Waals surface area contributed by atoms with E-state index in [1.54, 1.807) is 4.52 Å². The van der Waals surface area contributed by atoms with E-state index >= 15 is 0 Å². The maximum absolute atomic E-state index is 12.5. The van der Waals surface area contributed by atoms with E-state index in [1.807, 2.05) is 19.1 Å². The van der Waals surface area contributed by atoms with Crippen LogP contribution in [0.3, 0.4) is 0 Å². The maximum Gasteiger partial charge on any atom is 0.223 e. The molecule has 1 aliphatic heterocycles. The van der Waals surface area contributed by atoms with Crippen LogP contribution in [0.15, 0.2) is 12.1 Å². The summed E-state index contributed by atoms with van der Waals surface area (Å²) in [6, 6.07) is 4.34. The van der Waals surface area contributed by atoms with Gasteiger partial charge in [0.25, 0.3) is 0 Å². The normalized spacial score (nSPS) is 20.1. The van der Waals surface area contributed by atoms with Crippen LogP contribution in [0.5, 0.6) is 0 Å². The Kier molecular flexibility index (Phi) is 4.55. The minimum absolute atomic E-state index is 0.138. The van der Waals surface area contributed by atoms with Gasteiger partial charge in [0.15, 0.2) is 11.5 Å². The number of piperidine rings is 1. The van der Waals surface area contributed by atoms with Crippen LogP contribution < -0.4 is 10.2 Å². The third-order valence-corrected chi connectivity index (χ3v) is 5.55. The molecule has 0 atom stereocenters. The SMILES string of the molecule is Cc1nnc2ccc(N3CCC(C(=O)NC4CCCCC4)CC3)nn12. The molecule has 0 radical (unpaired) electrons. The molecule has 7 nitrogen and oxygen atoms in total. The third kappa shape index (κ3) is 3.45. The lowest BCUT2D eigenvalue weighted by molar-refractivity contribution is -0.126. The van der Waals surface area contributed by atoms with Gasteiger partial charge in [-0.05, 0) is 44.7 Å². The van der Waals surface area contributed by atoms with Crippen LogP contribution in [0.2, 0.25) is 0 Å². The summed E-state index contributed by atoms with van der Waals surface area (Å²) in [7, 11) is 0. The Labute approximate surface area is 147 Å². The highest BCUT2D eigenvalue weighted by Gasteiger charge is 2.27. The van der Waals surface area contributed by atoms with Crippen molar-refractivity contribution in [1.29, 1.82) is 0 Å². The number of amides is 1. The molecule has 1 saturated carbocycles. The predicted molar refractivity (Wildman–Crippen MR) is 95.5 cm³/mol. The van der Waals surface area contributed by atoms with Crippen LogP contribution in [0.4, 0.5) is 5.82 Å². The van der Waals surface area contributed by atoms with Gasteiger partial charge in [-0.1, -0.05) is 19.3 Å². The first-order chi connectivity index (χ1) is 12.2. The summed E-state index contributed by atoms with van der Waals surface area (Å²) in [5.41, 5.74) is 0.767. The second-order valence-electron chi connectivity index (χ2n) is 7.31. The van der Waals surface area contributed by atoms with E-state index in [0.29, 0.717) is 6.04 Å². The summed E-state index contributed by atoms with van der Waals surface area (Å²) in [6.07, 6.45) is 7.88. The van der Waals surface area contributed by atoms with E-state index < -0.39 is 0 Å². The topological polar surface area (TPSA) is 75.4 Å². The summed E-state index contributed by atoms with van der Waals surface area (Å²) in [4.78, 5) is 14.8. The molecular weight excluding hydrogens is 316 g/mol. The van der Waals surface area contributed by atoms with Crippen molar-refractivity contribution in [3.05, 3.63) is 18.0 Å². The molecule has 0 aromatic carbocycles. The highest BCUT2D eigenvalue weighted by Crippen LogP contribution is 2.24. The molecular formula is C18H26N6O. The zero-order valence-corrected chi connectivity index (χ0v) is 14.8. The number of rotatable bonds is 3. The fourth-order valence-electron chi connectivity index (χ4n) is 3.99. The van der Waals surface area contributed by atoms with E-state index in [1.165, 1.54) is 19.3 Å². The molecule has 2 aromatic rings. The van der Waals surface area contributed by atoms with Gasteiger partial charge in [0, 0.05) is 25.0 Å². The summed E-state index contributed by atoms with van der Waals surface area (Å²) < 4.78 is 1.78. The number of fused-ring (bicyclic) bond motifs is 1. The number of hydrogen-bond acceptors (Lipinski definition) is 5. The highest BCUT2D eigenvalue weighted by molar-refractivity contribution is 5.79. The monoisotopic (exact) mass is 342 g/mol. The molecule has 4 rings (SSSR count). The molecule has 7 heteroatoms. The zero-order valence-electron chi connectivity index (χ0n) is 14.8. The highest BCUT2D eigenvalue weighted by atomic mass is 16.1. The Morgan fingerprint density at radius 2 is 1.84 bits per heavy atom. The molecule has 2 fully saturated rings. The van der Waals surface area contributed by atoms with Crippen molar-refractivity contribution in [2.75, 3.05) is 18.0 Å². The first-order valence-corrected chi connectivity index (χ1v) is 9.45. The third-order valence-electron chi connectivity index (χ3n) is 5.55. The molecule has 1 saturated heterocycles. The Balaban J connectivity index is 1.35. The van der Waals surface area contributed by atoms with E-state index in [9.17, 15) is 4.79 Å². The number of anilines is 1. The first-order valence-electron chi connectivity index (χ1n) is 9.45. The quantitative estimate of drug-likeness (QED) is 0.924. The molecule has 3 heterocycles. The van der Waals surface area contributed by atoms with Gasteiger partial charge in [-0.25, -0.2) is 0 Å². The smallest absolute Gasteiger partial charge is 0.223 e. The number of carbonyl (C=O) groups is 1. The van der Waals surface area contributed by atoms with Gasteiger partial charge >= 0.3 is 0 Å². The number of carbonyl (C=O) groups excluding carboxylic acids is 1. The van der Waals surface area contributed by atoms with Gasteiger partial charge in [-0.3, -0.25) is 4.79 Å². The number of nitrogens with zero attached hydrogens (tertiary/aromatic N) is 5. The van der Waals surface area contributed by atoms with Crippen molar-refractivity contribution in [1.82, 2.24) is 25.1 Å². The van der Waals surface area contributed by atoms with E-state index in [0.717, 1.165) is 56.1 Å². The molecule has 2 aromatic heterocycles. The average molecular weight is 342 g/mol. The summed E-state index contributed by atoms with van der Waals surface area (Å²) >= 11 is 0. The molecule has 134 valence electrons. The number of aromatic nitrogens is 4. The lowest BCUT2D eigenvalue weighted by Crippen LogP contribution is -2.44. The van der Waals surface area contributed by atoms with Crippen molar-refractivity contribution >= 4 is 17.4 Å². The van der Waals surface area contributed by atoms with Gasteiger partial charge in [0.05, 0.1) is 0 Å². The van der Waals surface area contributed by atoms with Crippen LogP contribution in [0.25, 0.3) is 5.65 Å². The van der Waals surface area contributed by atoms with Crippen LogP contribution in [-0.4, -0.2) is 44.8 Å². The fourth-order valence-corrected chi connectivity index (χ4v) is 3.99. The van der Waals surface area contributed by atoms with Gasteiger partial charge < -0.3 is 10.2 Å². The van der Waals surface area contributed by atoms with Crippen LogP contribution in [0.1, 0.15) is 50.8 Å². The van der Waals surface area contributed by atoms with Crippen LogP contribution in [-0.2, 0) is 4.79 Å². The average Bonchev–Trinajstić information content (AvgIpc) is 3.03. The molecule has 1 aliphatic carbocycles. The first kappa shape index (κ1) is 16.3. The second kappa shape index (κ2) is 6.98. The number of hydrogen-bond donors (Lipinski definition) is 1. The number of aryl methyl sites for hydroxylation is 1. The standard InChI is InChI=1S/C18H26N6O/c1-13-20-21-16-7-8-17(22-24(13)16)23-11-9-14(10-12-23)18(25)19-15-5-3-2-4-6-15/h7-8,14-15H,2-6,9-12H2,1H3,(H,19,25). The molecule has 0 spiro atoms. The molecule has 0 bridgehead atoms. The lowest BCUT2D eigenvalue weighted by atomic mass is 9.92.